The van der Waals surface area contributed by atoms with E-state index >= 15 is 0 Å². The van der Waals surface area contributed by atoms with E-state index in [0.717, 1.165) is 24.3 Å². The van der Waals surface area contributed by atoms with Gasteiger partial charge < -0.3 is 9.47 Å². The molecule has 0 saturated heterocycles. The third-order valence-electron chi connectivity index (χ3n) is 2.69. The molecule has 0 aromatic heterocycles. The number of nitro benzene ring substituents is 1. The summed E-state index contributed by atoms with van der Waals surface area (Å²) in [6, 6.07) is 6.84. The molecule has 0 aliphatic rings. The molecule has 0 atom stereocenters. The molecule has 0 heterocycles. The highest BCUT2D eigenvalue weighted by Crippen LogP contribution is 2.35. The number of hydrogen-bond donors (Lipinski definition) is 0. The van der Waals surface area contributed by atoms with Gasteiger partial charge in [0.2, 0.25) is 5.75 Å². The summed E-state index contributed by atoms with van der Waals surface area (Å²) >= 11 is 5.81. The van der Waals surface area contributed by atoms with Crippen molar-refractivity contribution in [1.29, 1.82) is 0 Å². The predicted octanol–water partition coefficient (Wildman–Crippen LogP) is 3.97. The Morgan fingerprint density at radius 3 is 2.55 bits per heavy atom. The summed E-state index contributed by atoms with van der Waals surface area (Å²) in [4.78, 5) is 21.8. The molecule has 0 N–H and O–H groups in total. The monoisotopic (exact) mass is 325 g/mol. The second kappa shape index (κ2) is 6.40. The maximum atomic E-state index is 13.0. The average Bonchev–Trinajstić information content (AvgIpc) is 2.49. The van der Waals surface area contributed by atoms with E-state index < -0.39 is 16.7 Å². The van der Waals surface area contributed by atoms with Gasteiger partial charge in [0, 0.05) is 12.1 Å². The lowest BCUT2D eigenvalue weighted by Crippen LogP contribution is -2.02. The molecule has 0 aliphatic heterocycles. The van der Waals surface area contributed by atoms with Crippen molar-refractivity contribution in [2.75, 3.05) is 7.11 Å². The van der Waals surface area contributed by atoms with E-state index in [1.165, 1.54) is 19.2 Å². The molecule has 22 heavy (non-hydrogen) atoms. The Labute approximate surface area is 129 Å². The van der Waals surface area contributed by atoms with Gasteiger partial charge in [-0.2, -0.15) is 0 Å². The molecule has 0 spiro atoms. The van der Waals surface area contributed by atoms with Gasteiger partial charge in [-0.1, -0.05) is 11.6 Å². The fourth-order valence-electron chi connectivity index (χ4n) is 1.67. The van der Waals surface area contributed by atoms with Crippen LogP contribution >= 0.6 is 11.6 Å². The molecule has 0 bridgehead atoms. The molecule has 0 fully saturated rings. The van der Waals surface area contributed by atoms with Crippen molar-refractivity contribution in [2.45, 2.75) is 0 Å². The molecule has 6 nitrogen and oxygen atoms in total. The van der Waals surface area contributed by atoms with Crippen molar-refractivity contribution >= 4 is 23.3 Å². The Morgan fingerprint density at radius 1 is 1.23 bits per heavy atom. The van der Waals surface area contributed by atoms with E-state index in [2.05, 4.69) is 4.74 Å². The van der Waals surface area contributed by atoms with Crippen LogP contribution in [-0.2, 0) is 4.74 Å². The summed E-state index contributed by atoms with van der Waals surface area (Å²) in [7, 11) is 1.18. The van der Waals surface area contributed by atoms with Gasteiger partial charge in [-0.15, -0.1) is 0 Å². The number of hydrogen-bond acceptors (Lipinski definition) is 5. The Balaban J connectivity index is 2.46. The zero-order valence-corrected chi connectivity index (χ0v) is 12.0. The van der Waals surface area contributed by atoms with Crippen molar-refractivity contribution in [3.63, 3.8) is 0 Å². The normalized spacial score (nSPS) is 10.1. The van der Waals surface area contributed by atoms with Crippen LogP contribution in [0.1, 0.15) is 10.4 Å². The van der Waals surface area contributed by atoms with Crippen LogP contribution < -0.4 is 4.74 Å². The van der Waals surface area contributed by atoms with Crippen LogP contribution in [0.25, 0.3) is 0 Å². The molecule has 0 unspecified atom stereocenters. The summed E-state index contributed by atoms with van der Waals surface area (Å²) in [5.74, 6) is -1.44. The summed E-state index contributed by atoms with van der Waals surface area (Å²) < 4.78 is 22.9. The molecule has 0 aliphatic carbocycles. The van der Waals surface area contributed by atoms with Crippen LogP contribution in [0.4, 0.5) is 10.1 Å². The van der Waals surface area contributed by atoms with Crippen LogP contribution in [0, 0.1) is 15.9 Å². The fourth-order valence-corrected chi connectivity index (χ4v) is 1.87. The maximum absolute atomic E-state index is 13.0. The standard InChI is InChI=1S/C14H9ClFNO5/c1-21-14(18)8-2-4-11(17(19)20)13(6-8)22-12-5-3-9(16)7-10(12)15/h2-7H,1H3. The van der Waals surface area contributed by atoms with Crippen LogP contribution in [0.3, 0.4) is 0 Å². The number of carbonyl (C=O) groups is 1. The first-order chi connectivity index (χ1) is 10.4. The molecule has 0 saturated carbocycles. The molecule has 114 valence electrons. The number of ether oxygens (including phenoxy) is 2. The number of rotatable bonds is 4. The summed E-state index contributed by atoms with van der Waals surface area (Å²) in [5.41, 5.74) is -0.297. The Kier molecular flexibility index (Phi) is 4.57. The molecule has 0 radical (unpaired) electrons. The maximum Gasteiger partial charge on any atom is 0.337 e. The number of methoxy groups -OCH3 is 1. The Bertz CT molecular complexity index is 750. The van der Waals surface area contributed by atoms with E-state index in [1.54, 1.807) is 0 Å². The first-order valence-corrected chi connectivity index (χ1v) is 6.30. The SMILES string of the molecule is COC(=O)c1ccc([N+](=O)[O-])c(Oc2ccc(F)cc2Cl)c1. The van der Waals surface area contributed by atoms with Crippen LogP contribution in [0.5, 0.6) is 11.5 Å². The average molecular weight is 326 g/mol. The van der Waals surface area contributed by atoms with Crippen LogP contribution in [0.2, 0.25) is 5.02 Å². The predicted molar refractivity (Wildman–Crippen MR) is 75.9 cm³/mol. The second-order valence-corrected chi connectivity index (χ2v) is 4.52. The minimum atomic E-state index is -0.676. The number of esters is 1. The van der Waals surface area contributed by atoms with Crippen molar-refractivity contribution in [2.24, 2.45) is 0 Å². The van der Waals surface area contributed by atoms with E-state index in [9.17, 15) is 19.3 Å². The van der Waals surface area contributed by atoms with E-state index in [4.69, 9.17) is 16.3 Å². The third kappa shape index (κ3) is 3.32. The first kappa shape index (κ1) is 15.7. The van der Waals surface area contributed by atoms with Gasteiger partial charge in [0.25, 0.3) is 0 Å². The lowest BCUT2D eigenvalue weighted by molar-refractivity contribution is -0.385. The summed E-state index contributed by atoms with van der Waals surface area (Å²) in [5, 5.41) is 11.0. The second-order valence-electron chi connectivity index (χ2n) is 4.11. The van der Waals surface area contributed by atoms with Gasteiger partial charge in [0.1, 0.15) is 11.6 Å². The van der Waals surface area contributed by atoms with Crippen LogP contribution in [-0.4, -0.2) is 18.0 Å². The number of benzene rings is 2. The van der Waals surface area contributed by atoms with Gasteiger partial charge in [0.05, 0.1) is 22.6 Å². The van der Waals surface area contributed by atoms with Gasteiger partial charge in [0.15, 0.2) is 0 Å². The fraction of sp³-hybridized carbons (Fsp3) is 0.0714. The van der Waals surface area contributed by atoms with Gasteiger partial charge in [-0.05, 0) is 24.3 Å². The van der Waals surface area contributed by atoms with Gasteiger partial charge >= 0.3 is 11.7 Å². The zero-order chi connectivity index (χ0) is 16.3. The quantitative estimate of drug-likeness (QED) is 0.483. The lowest BCUT2D eigenvalue weighted by atomic mass is 10.2. The van der Waals surface area contributed by atoms with Crippen molar-refractivity contribution in [3.8, 4) is 11.5 Å². The largest absolute Gasteiger partial charge is 0.465 e. The smallest absolute Gasteiger partial charge is 0.337 e. The van der Waals surface area contributed by atoms with Gasteiger partial charge in [-0.3, -0.25) is 10.1 Å². The summed E-state index contributed by atoms with van der Waals surface area (Å²) in [6.45, 7) is 0. The highest BCUT2D eigenvalue weighted by Gasteiger charge is 2.20. The number of nitro groups is 1. The van der Waals surface area contributed by atoms with E-state index in [1.807, 2.05) is 0 Å². The molecular weight excluding hydrogens is 317 g/mol. The number of halogens is 2. The number of nitrogens with zero attached hydrogens (tertiary/aromatic N) is 1. The molecule has 2 aromatic carbocycles. The molecule has 8 heteroatoms. The molecule has 2 aromatic rings. The highest BCUT2D eigenvalue weighted by molar-refractivity contribution is 6.32. The van der Waals surface area contributed by atoms with Crippen LogP contribution in [0.15, 0.2) is 36.4 Å². The van der Waals surface area contributed by atoms with Crippen molar-refractivity contribution in [3.05, 3.63) is 62.9 Å². The van der Waals surface area contributed by atoms with E-state index in [-0.39, 0.29) is 27.8 Å². The summed E-state index contributed by atoms with van der Waals surface area (Å²) in [6.07, 6.45) is 0. The Morgan fingerprint density at radius 2 is 1.95 bits per heavy atom. The zero-order valence-electron chi connectivity index (χ0n) is 11.2. The van der Waals surface area contributed by atoms with Crippen molar-refractivity contribution < 1.29 is 23.6 Å². The third-order valence-corrected chi connectivity index (χ3v) is 2.99. The van der Waals surface area contributed by atoms with Gasteiger partial charge in [-0.25, -0.2) is 9.18 Å². The minimum Gasteiger partial charge on any atom is -0.465 e. The minimum absolute atomic E-state index is 0.0215. The van der Waals surface area contributed by atoms with Crippen molar-refractivity contribution in [1.82, 2.24) is 0 Å². The molecular formula is C14H9ClFNO5. The molecule has 0 amide bonds. The molecule has 2 rings (SSSR count). The van der Waals surface area contributed by atoms with E-state index in [0.29, 0.717) is 0 Å². The lowest BCUT2D eigenvalue weighted by Gasteiger charge is -2.09. The topological polar surface area (TPSA) is 78.7 Å². The first-order valence-electron chi connectivity index (χ1n) is 5.92. The number of carbonyl (C=O) groups excluding carboxylic acids is 1. The highest BCUT2D eigenvalue weighted by atomic mass is 35.5. The Hall–Kier alpha value is -2.67.